The van der Waals surface area contributed by atoms with E-state index in [1.165, 1.54) is 24.1 Å². The molecule has 0 atom stereocenters. The van der Waals surface area contributed by atoms with E-state index in [1.807, 2.05) is 22.8 Å². The fraction of sp³-hybridized carbons (Fsp3) is 0.357. The van der Waals surface area contributed by atoms with E-state index in [-0.39, 0.29) is 5.91 Å². The van der Waals surface area contributed by atoms with Gasteiger partial charge in [-0.05, 0) is 49.4 Å². The Morgan fingerprint density at radius 3 is 2.82 bits per heavy atom. The lowest BCUT2D eigenvalue weighted by atomic mass is 9.95. The maximum absolute atomic E-state index is 11.8. The lowest BCUT2D eigenvalue weighted by molar-refractivity contribution is 0.0938. The molecule has 0 N–H and O–H groups in total. The molecular weight excluding hydrogens is 234 g/mol. The Morgan fingerprint density at radius 1 is 1.29 bits per heavy atom. The molecule has 3 heteroatoms. The number of carbonyl (C=O) groups excluding carboxylic acids is 1. The van der Waals surface area contributed by atoms with Gasteiger partial charge in [-0.1, -0.05) is 11.6 Å². The SMILES string of the molecule is CC(=O)n1c2c(c3cc(Cl)ccc31)CCCC2. The van der Waals surface area contributed by atoms with E-state index in [2.05, 4.69) is 0 Å². The van der Waals surface area contributed by atoms with E-state index in [9.17, 15) is 4.79 Å². The standard InChI is InChI=1S/C14H14ClNO/c1-9(17)16-13-5-3-2-4-11(13)12-8-10(15)6-7-14(12)16/h6-8H,2-5H2,1H3. The van der Waals surface area contributed by atoms with Gasteiger partial charge in [0.05, 0.1) is 5.52 Å². The third-order valence-electron chi connectivity index (χ3n) is 3.55. The molecular formula is C14H14ClNO. The van der Waals surface area contributed by atoms with Gasteiger partial charge in [-0.3, -0.25) is 9.36 Å². The molecule has 1 aliphatic carbocycles. The van der Waals surface area contributed by atoms with Gasteiger partial charge < -0.3 is 0 Å². The van der Waals surface area contributed by atoms with Gasteiger partial charge in [0.15, 0.2) is 0 Å². The van der Waals surface area contributed by atoms with E-state index in [0.29, 0.717) is 0 Å². The molecule has 1 aromatic heterocycles. The fourth-order valence-electron chi connectivity index (χ4n) is 2.88. The van der Waals surface area contributed by atoms with Gasteiger partial charge in [0.25, 0.3) is 0 Å². The van der Waals surface area contributed by atoms with Gasteiger partial charge in [0, 0.05) is 23.0 Å². The molecule has 0 amide bonds. The lowest BCUT2D eigenvalue weighted by Crippen LogP contribution is -2.12. The molecule has 0 saturated heterocycles. The second-order valence-electron chi connectivity index (χ2n) is 4.65. The van der Waals surface area contributed by atoms with E-state index in [0.717, 1.165) is 28.8 Å². The predicted octanol–water partition coefficient (Wildman–Crippen LogP) is 3.83. The monoisotopic (exact) mass is 247 g/mol. The van der Waals surface area contributed by atoms with Gasteiger partial charge in [0.2, 0.25) is 5.91 Å². The number of nitrogens with zero attached hydrogens (tertiary/aromatic N) is 1. The summed E-state index contributed by atoms with van der Waals surface area (Å²) in [5, 5.41) is 1.90. The summed E-state index contributed by atoms with van der Waals surface area (Å²) in [5.41, 5.74) is 3.53. The highest BCUT2D eigenvalue weighted by atomic mass is 35.5. The zero-order valence-corrected chi connectivity index (χ0v) is 10.5. The second-order valence-corrected chi connectivity index (χ2v) is 5.08. The third-order valence-corrected chi connectivity index (χ3v) is 3.78. The normalized spacial score (nSPS) is 14.9. The van der Waals surface area contributed by atoms with Gasteiger partial charge in [-0.25, -0.2) is 0 Å². The molecule has 0 radical (unpaired) electrons. The summed E-state index contributed by atoms with van der Waals surface area (Å²) in [6.07, 6.45) is 4.44. The van der Waals surface area contributed by atoms with Crippen molar-refractivity contribution >= 4 is 28.4 Å². The summed E-state index contributed by atoms with van der Waals surface area (Å²) in [4.78, 5) is 11.8. The van der Waals surface area contributed by atoms with Crippen molar-refractivity contribution in [2.24, 2.45) is 0 Å². The van der Waals surface area contributed by atoms with E-state index < -0.39 is 0 Å². The van der Waals surface area contributed by atoms with Crippen LogP contribution in [0.2, 0.25) is 5.02 Å². The molecule has 0 unspecified atom stereocenters. The fourth-order valence-corrected chi connectivity index (χ4v) is 3.05. The number of fused-ring (bicyclic) bond motifs is 3. The molecule has 0 fully saturated rings. The Balaban J connectivity index is 2.41. The van der Waals surface area contributed by atoms with Crippen LogP contribution >= 0.6 is 11.6 Å². The van der Waals surface area contributed by atoms with E-state index in [1.54, 1.807) is 6.92 Å². The second kappa shape index (κ2) is 3.88. The first-order valence-corrected chi connectivity index (χ1v) is 6.39. The lowest BCUT2D eigenvalue weighted by Gasteiger charge is -2.13. The largest absolute Gasteiger partial charge is 0.284 e. The van der Waals surface area contributed by atoms with Gasteiger partial charge in [-0.15, -0.1) is 0 Å². The first-order chi connectivity index (χ1) is 8.18. The molecule has 0 bridgehead atoms. The van der Waals surface area contributed by atoms with E-state index >= 15 is 0 Å². The molecule has 2 nitrogen and oxygen atoms in total. The highest BCUT2D eigenvalue weighted by Gasteiger charge is 2.21. The number of halogens is 1. The first kappa shape index (κ1) is 10.8. The average molecular weight is 248 g/mol. The van der Waals surface area contributed by atoms with E-state index in [4.69, 9.17) is 11.6 Å². The Morgan fingerprint density at radius 2 is 2.06 bits per heavy atom. The summed E-state index contributed by atoms with van der Waals surface area (Å²) in [6, 6.07) is 5.80. The minimum Gasteiger partial charge on any atom is -0.284 e. The Bertz CT molecular complexity index is 612. The maximum Gasteiger partial charge on any atom is 0.228 e. The van der Waals surface area contributed by atoms with Crippen LogP contribution in [0.4, 0.5) is 0 Å². The zero-order chi connectivity index (χ0) is 12.0. The molecule has 1 aromatic carbocycles. The predicted molar refractivity (Wildman–Crippen MR) is 69.9 cm³/mol. The number of carbonyl (C=O) groups is 1. The Hall–Kier alpha value is -1.28. The van der Waals surface area contributed by atoms with Gasteiger partial charge in [-0.2, -0.15) is 0 Å². The quantitative estimate of drug-likeness (QED) is 0.693. The van der Waals surface area contributed by atoms with Gasteiger partial charge in [0.1, 0.15) is 0 Å². The smallest absolute Gasteiger partial charge is 0.228 e. The average Bonchev–Trinajstić information content (AvgIpc) is 2.63. The molecule has 0 saturated carbocycles. The number of hydrogen-bond acceptors (Lipinski definition) is 1. The summed E-state index contributed by atoms with van der Waals surface area (Å²) in [7, 11) is 0. The van der Waals surface area contributed by atoms with Crippen molar-refractivity contribution in [3.63, 3.8) is 0 Å². The van der Waals surface area contributed by atoms with Gasteiger partial charge >= 0.3 is 0 Å². The third kappa shape index (κ3) is 1.59. The summed E-state index contributed by atoms with van der Waals surface area (Å²) in [6.45, 7) is 1.63. The van der Waals surface area contributed by atoms with Crippen LogP contribution in [0.5, 0.6) is 0 Å². The van der Waals surface area contributed by atoms with Crippen molar-refractivity contribution in [3.8, 4) is 0 Å². The van der Waals surface area contributed by atoms with Crippen molar-refractivity contribution < 1.29 is 4.79 Å². The number of aryl methyl sites for hydroxylation is 1. The Labute approximate surface area is 105 Å². The van der Waals surface area contributed by atoms with Crippen LogP contribution in [-0.4, -0.2) is 10.5 Å². The minimum absolute atomic E-state index is 0.0977. The molecule has 1 aliphatic rings. The van der Waals surface area contributed by atoms with Crippen LogP contribution in [0.1, 0.15) is 35.8 Å². The molecule has 0 spiro atoms. The van der Waals surface area contributed by atoms with Crippen LogP contribution in [0.15, 0.2) is 18.2 Å². The first-order valence-electron chi connectivity index (χ1n) is 6.01. The zero-order valence-electron chi connectivity index (χ0n) is 9.79. The topological polar surface area (TPSA) is 22.0 Å². The van der Waals surface area contributed by atoms with Crippen LogP contribution in [0.3, 0.4) is 0 Å². The summed E-state index contributed by atoms with van der Waals surface area (Å²) in [5.74, 6) is 0.0977. The van der Waals surface area contributed by atoms with Crippen LogP contribution < -0.4 is 0 Å². The van der Waals surface area contributed by atoms with Crippen LogP contribution in [0, 0.1) is 0 Å². The molecule has 1 heterocycles. The molecule has 2 aromatic rings. The maximum atomic E-state index is 11.8. The van der Waals surface area contributed by atoms with Crippen LogP contribution in [-0.2, 0) is 12.8 Å². The number of hydrogen-bond donors (Lipinski definition) is 0. The minimum atomic E-state index is 0.0977. The molecule has 17 heavy (non-hydrogen) atoms. The van der Waals surface area contributed by atoms with Crippen LogP contribution in [0.25, 0.3) is 10.9 Å². The van der Waals surface area contributed by atoms with Crippen molar-refractivity contribution in [3.05, 3.63) is 34.5 Å². The molecule has 88 valence electrons. The Kier molecular flexibility index (Phi) is 2.48. The number of rotatable bonds is 0. The van der Waals surface area contributed by atoms with Crippen molar-refractivity contribution in [1.82, 2.24) is 4.57 Å². The van der Waals surface area contributed by atoms with Crippen molar-refractivity contribution in [1.29, 1.82) is 0 Å². The molecule has 0 aliphatic heterocycles. The summed E-state index contributed by atoms with van der Waals surface area (Å²) >= 11 is 6.06. The highest BCUT2D eigenvalue weighted by molar-refractivity contribution is 6.31. The highest BCUT2D eigenvalue weighted by Crippen LogP contribution is 2.33. The van der Waals surface area contributed by atoms with Crippen molar-refractivity contribution in [2.45, 2.75) is 32.6 Å². The summed E-state index contributed by atoms with van der Waals surface area (Å²) < 4.78 is 1.86. The van der Waals surface area contributed by atoms with Crippen molar-refractivity contribution in [2.75, 3.05) is 0 Å². The number of aromatic nitrogens is 1. The molecule has 3 rings (SSSR count). The number of benzene rings is 1.